The molecule has 0 aliphatic rings. The van der Waals surface area contributed by atoms with E-state index < -0.39 is 6.61 Å². The molecule has 3 aromatic heterocycles. The number of aliphatic hydroxyl groups is 1. The lowest BCUT2D eigenvalue weighted by molar-refractivity contribution is 0.0906. The van der Waals surface area contributed by atoms with Crippen molar-refractivity contribution in [1.82, 2.24) is 20.3 Å². The van der Waals surface area contributed by atoms with E-state index in [0.29, 0.717) is 25.5 Å². The number of hydrogen-bond donors (Lipinski definition) is 2. The van der Waals surface area contributed by atoms with Crippen LogP contribution in [0, 0.1) is 6.92 Å². The molecule has 1 amide bonds. The summed E-state index contributed by atoms with van der Waals surface area (Å²) in [6.45, 7) is 3.02. The summed E-state index contributed by atoms with van der Waals surface area (Å²) in [5.41, 5.74) is 1.36. The topological polar surface area (TPSA) is 105 Å². The lowest BCUT2D eigenvalue weighted by atomic mass is 10.3. The Labute approximate surface area is 157 Å². The highest BCUT2D eigenvalue weighted by molar-refractivity contribution is 7.17. The van der Waals surface area contributed by atoms with Crippen molar-refractivity contribution in [2.45, 2.75) is 19.9 Å². The standard InChI is InChI=1S/C17H16N4O3S2/c1-9-14(26-17(21-9)11-5-3-4-6-18-11)15(24)20-10(2)16-19-7-13(25-16)12(23)8-22/h3-7,10,22H,8H2,1-2H3,(H,20,24)/t10-/m0/s1. The van der Waals surface area contributed by atoms with Crippen LogP contribution in [-0.2, 0) is 0 Å². The Hall–Kier alpha value is -2.49. The highest BCUT2D eigenvalue weighted by Gasteiger charge is 2.21. The molecule has 0 aromatic carbocycles. The Kier molecular flexibility index (Phi) is 5.50. The van der Waals surface area contributed by atoms with E-state index in [9.17, 15) is 9.59 Å². The second-order valence-electron chi connectivity index (χ2n) is 5.49. The molecule has 0 aliphatic heterocycles. The Morgan fingerprint density at radius 3 is 2.77 bits per heavy atom. The maximum atomic E-state index is 12.6. The zero-order chi connectivity index (χ0) is 18.7. The third kappa shape index (κ3) is 3.85. The second kappa shape index (κ2) is 7.81. The van der Waals surface area contributed by atoms with Crippen molar-refractivity contribution in [2.24, 2.45) is 0 Å². The third-order valence-electron chi connectivity index (χ3n) is 3.55. The number of amides is 1. The normalized spacial score (nSPS) is 12.0. The number of carbonyl (C=O) groups is 2. The highest BCUT2D eigenvalue weighted by atomic mass is 32.1. The Morgan fingerprint density at radius 1 is 1.27 bits per heavy atom. The van der Waals surface area contributed by atoms with Gasteiger partial charge in [-0.2, -0.15) is 0 Å². The maximum absolute atomic E-state index is 12.6. The summed E-state index contributed by atoms with van der Waals surface area (Å²) in [5, 5.41) is 13.1. The summed E-state index contributed by atoms with van der Waals surface area (Å²) >= 11 is 2.44. The number of nitrogens with zero attached hydrogens (tertiary/aromatic N) is 3. The number of ketones is 1. The van der Waals surface area contributed by atoms with Crippen LogP contribution in [0.3, 0.4) is 0 Å². The molecule has 9 heteroatoms. The summed E-state index contributed by atoms with van der Waals surface area (Å²) in [6.07, 6.45) is 3.10. The van der Waals surface area contributed by atoms with Crippen LogP contribution in [0.2, 0.25) is 0 Å². The predicted octanol–water partition coefficient (Wildman–Crippen LogP) is 2.64. The number of carbonyl (C=O) groups excluding carboxylic acids is 2. The zero-order valence-corrected chi connectivity index (χ0v) is 15.7. The number of nitrogens with one attached hydrogen (secondary N) is 1. The fourth-order valence-corrected chi connectivity index (χ4v) is 4.02. The van der Waals surface area contributed by atoms with Crippen molar-refractivity contribution in [3.63, 3.8) is 0 Å². The first-order chi connectivity index (χ1) is 12.5. The fourth-order valence-electron chi connectivity index (χ4n) is 2.22. The van der Waals surface area contributed by atoms with Crippen LogP contribution < -0.4 is 5.32 Å². The number of aliphatic hydroxyl groups excluding tert-OH is 1. The van der Waals surface area contributed by atoms with Crippen LogP contribution in [0.1, 0.15) is 43.0 Å². The molecule has 0 saturated heterocycles. The third-order valence-corrected chi connectivity index (χ3v) is 5.95. The van der Waals surface area contributed by atoms with Gasteiger partial charge in [0.1, 0.15) is 21.5 Å². The molecule has 0 bridgehead atoms. The number of aromatic nitrogens is 3. The Balaban J connectivity index is 1.75. The molecule has 3 heterocycles. The number of pyridine rings is 1. The van der Waals surface area contributed by atoms with Crippen molar-refractivity contribution in [3.05, 3.63) is 51.0 Å². The minimum absolute atomic E-state index is 0.250. The van der Waals surface area contributed by atoms with Crippen LogP contribution in [-0.4, -0.2) is 38.4 Å². The Bertz CT molecular complexity index is 937. The first-order valence-corrected chi connectivity index (χ1v) is 9.42. The van der Waals surface area contributed by atoms with Crippen LogP contribution in [0.15, 0.2) is 30.6 Å². The van der Waals surface area contributed by atoms with E-state index in [-0.39, 0.29) is 17.7 Å². The number of hydrogen-bond acceptors (Lipinski definition) is 8. The van der Waals surface area contributed by atoms with E-state index in [1.54, 1.807) is 20.0 Å². The molecule has 1 atom stereocenters. The summed E-state index contributed by atoms with van der Waals surface area (Å²) < 4.78 is 0. The molecule has 0 radical (unpaired) electrons. The average molecular weight is 388 g/mol. The molecular weight excluding hydrogens is 372 g/mol. The fraction of sp³-hybridized carbons (Fsp3) is 0.235. The first-order valence-electron chi connectivity index (χ1n) is 7.79. The monoisotopic (exact) mass is 388 g/mol. The zero-order valence-electron chi connectivity index (χ0n) is 14.1. The van der Waals surface area contributed by atoms with E-state index in [0.717, 1.165) is 17.0 Å². The lowest BCUT2D eigenvalue weighted by Crippen LogP contribution is -2.26. The summed E-state index contributed by atoms with van der Waals surface area (Å²) in [6, 6.07) is 5.17. The van der Waals surface area contributed by atoms with Gasteiger partial charge in [0.15, 0.2) is 5.78 Å². The van der Waals surface area contributed by atoms with E-state index >= 15 is 0 Å². The average Bonchev–Trinajstić information content (AvgIpc) is 3.29. The van der Waals surface area contributed by atoms with Gasteiger partial charge in [0.05, 0.1) is 22.3 Å². The van der Waals surface area contributed by atoms with Crippen LogP contribution >= 0.6 is 22.7 Å². The minimum atomic E-state index is -0.557. The van der Waals surface area contributed by atoms with Crippen molar-refractivity contribution in [3.8, 4) is 10.7 Å². The molecule has 7 nitrogen and oxygen atoms in total. The van der Waals surface area contributed by atoms with Gasteiger partial charge in [-0.3, -0.25) is 14.6 Å². The summed E-state index contributed by atoms with van der Waals surface area (Å²) in [7, 11) is 0. The largest absolute Gasteiger partial charge is 0.388 e. The number of aryl methyl sites for hydroxylation is 1. The molecule has 3 aromatic rings. The van der Waals surface area contributed by atoms with Gasteiger partial charge in [0.25, 0.3) is 5.91 Å². The molecule has 3 rings (SSSR count). The molecule has 0 spiro atoms. The second-order valence-corrected chi connectivity index (χ2v) is 7.55. The van der Waals surface area contributed by atoms with Gasteiger partial charge >= 0.3 is 0 Å². The molecule has 2 N–H and O–H groups in total. The van der Waals surface area contributed by atoms with Crippen molar-refractivity contribution in [1.29, 1.82) is 0 Å². The van der Waals surface area contributed by atoms with E-state index in [2.05, 4.69) is 20.3 Å². The predicted molar refractivity (Wildman–Crippen MR) is 99.5 cm³/mol. The number of thiazole rings is 2. The smallest absolute Gasteiger partial charge is 0.263 e. The van der Waals surface area contributed by atoms with Gasteiger partial charge in [-0.05, 0) is 26.0 Å². The minimum Gasteiger partial charge on any atom is -0.388 e. The Morgan fingerprint density at radius 2 is 2.08 bits per heavy atom. The van der Waals surface area contributed by atoms with Gasteiger partial charge in [-0.25, -0.2) is 9.97 Å². The highest BCUT2D eigenvalue weighted by Crippen LogP contribution is 2.27. The number of rotatable bonds is 6. The van der Waals surface area contributed by atoms with Gasteiger partial charge in [0, 0.05) is 12.4 Å². The molecule has 0 unspecified atom stereocenters. The van der Waals surface area contributed by atoms with Crippen molar-refractivity contribution in [2.75, 3.05) is 6.61 Å². The van der Waals surface area contributed by atoms with E-state index in [4.69, 9.17) is 5.11 Å². The van der Waals surface area contributed by atoms with E-state index in [1.807, 2.05) is 18.2 Å². The molecule has 0 fully saturated rings. The number of Topliss-reactive ketones (excluding diaryl/α,β-unsaturated/α-hetero) is 1. The summed E-state index contributed by atoms with van der Waals surface area (Å²) in [4.78, 5) is 37.8. The molecular formula is C17H16N4O3S2. The molecule has 26 heavy (non-hydrogen) atoms. The molecule has 134 valence electrons. The van der Waals surface area contributed by atoms with E-state index in [1.165, 1.54) is 17.5 Å². The van der Waals surface area contributed by atoms with Gasteiger partial charge in [0.2, 0.25) is 0 Å². The van der Waals surface area contributed by atoms with Crippen LogP contribution in [0.5, 0.6) is 0 Å². The first kappa shape index (κ1) is 18.3. The quantitative estimate of drug-likeness (QED) is 0.629. The SMILES string of the molecule is Cc1nc(-c2ccccn2)sc1C(=O)N[C@@H](C)c1ncc(C(=O)CO)s1. The molecule has 0 saturated carbocycles. The van der Waals surface area contributed by atoms with Crippen molar-refractivity contribution >= 4 is 34.4 Å². The van der Waals surface area contributed by atoms with Gasteiger partial charge in [-0.1, -0.05) is 6.07 Å². The maximum Gasteiger partial charge on any atom is 0.263 e. The lowest BCUT2D eigenvalue weighted by Gasteiger charge is -2.10. The van der Waals surface area contributed by atoms with Crippen LogP contribution in [0.25, 0.3) is 10.7 Å². The van der Waals surface area contributed by atoms with Crippen LogP contribution in [0.4, 0.5) is 0 Å². The van der Waals surface area contributed by atoms with Crippen molar-refractivity contribution < 1.29 is 14.7 Å². The van der Waals surface area contributed by atoms with Gasteiger partial charge < -0.3 is 10.4 Å². The molecule has 0 aliphatic carbocycles. The summed E-state index contributed by atoms with van der Waals surface area (Å²) in [5.74, 6) is -0.634. The van der Waals surface area contributed by atoms with Gasteiger partial charge in [-0.15, -0.1) is 22.7 Å².